The molecule has 2 aliphatic heterocycles. The Morgan fingerprint density at radius 3 is 2.50 bits per heavy atom. The molecule has 3 heterocycles. The zero-order chi connectivity index (χ0) is 21.3. The highest BCUT2D eigenvalue weighted by Crippen LogP contribution is 2.52. The van der Waals surface area contributed by atoms with Gasteiger partial charge in [-0.25, -0.2) is 4.68 Å². The lowest BCUT2D eigenvalue weighted by Crippen LogP contribution is -2.43. The van der Waals surface area contributed by atoms with Crippen LogP contribution in [0.4, 0.5) is 24.7 Å². The summed E-state index contributed by atoms with van der Waals surface area (Å²) in [6.45, 7) is 0. The quantitative estimate of drug-likeness (QED) is 0.607. The molecule has 0 fully saturated rings. The third kappa shape index (κ3) is 2.48. The standard InChI is InChI=1S/C20H12ClF3N4O2/c21-13-2-1-3-14-16(13)19(18(30)26-14)8-15(29)27-17-12(19)9-25-28(17)11-6-4-10(5-7-11)20(22,23)24/h1-7,9H,8H2,(H,26,30)(H,27,29)/t19-/m1/s1. The second kappa shape index (κ2) is 6.09. The molecule has 5 rings (SSSR count). The Kier molecular flexibility index (Phi) is 3.79. The van der Waals surface area contributed by atoms with Crippen LogP contribution in [-0.4, -0.2) is 21.6 Å². The largest absolute Gasteiger partial charge is 0.416 e. The second-order valence-corrected chi connectivity index (χ2v) is 7.52. The highest BCUT2D eigenvalue weighted by atomic mass is 35.5. The van der Waals surface area contributed by atoms with Gasteiger partial charge >= 0.3 is 6.18 Å². The molecule has 1 spiro atoms. The van der Waals surface area contributed by atoms with Crippen molar-refractivity contribution in [2.75, 3.05) is 10.6 Å². The molecule has 2 amide bonds. The van der Waals surface area contributed by atoms with Crippen LogP contribution in [0.15, 0.2) is 48.7 Å². The van der Waals surface area contributed by atoms with E-state index in [9.17, 15) is 22.8 Å². The molecule has 0 radical (unpaired) electrons. The number of nitrogens with zero attached hydrogens (tertiary/aromatic N) is 2. The van der Waals surface area contributed by atoms with Gasteiger partial charge in [0.05, 0.1) is 17.4 Å². The van der Waals surface area contributed by atoms with Crippen molar-refractivity contribution < 1.29 is 22.8 Å². The second-order valence-electron chi connectivity index (χ2n) is 7.11. The number of benzene rings is 2. The summed E-state index contributed by atoms with van der Waals surface area (Å²) in [4.78, 5) is 25.7. The molecule has 6 nitrogen and oxygen atoms in total. The van der Waals surface area contributed by atoms with Gasteiger partial charge in [-0.3, -0.25) is 9.59 Å². The van der Waals surface area contributed by atoms with E-state index in [1.54, 1.807) is 18.2 Å². The number of carbonyl (C=O) groups excluding carboxylic acids is 2. The molecule has 0 unspecified atom stereocenters. The number of halogens is 4. The highest BCUT2D eigenvalue weighted by Gasteiger charge is 2.55. The van der Waals surface area contributed by atoms with Crippen LogP contribution in [0.3, 0.4) is 0 Å². The minimum Gasteiger partial charge on any atom is -0.325 e. The van der Waals surface area contributed by atoms with Crippen LogP contribution < -0.4 is 10.6 Å². The first-order chi connectivity index (χ1) is 14.2. The third-order valence-corrected chi connectivity index (χ3v) is 5.74. The number of aromatic nitrogens is 2. The molecule has 1 atom stereocenters. The maximum Gasteiger partial charge on any atom is 0.416 e. The van der Waals surface area contributed by atoms with Crippen molar-refractivity contribution >= 4 is 34.9 Å². The van der Waals surface area contributed by atoms with Gasteiger partial charge in [0.25, 0.3) is 0 Å². The summed E-state index contributed by atoms with van der Waals surface area (Å²) >= 11 is 6.40. The predicted molar refractivity (Wildman–Crippen MR) is 103 cm³/mol. The Labute approximate surface area is 172 Å². The Morgan fingerprint density at radius 2 is 1.80 bits per heavy atom. The maximum atomic E-state index is 13.1. The maximum absolute atomic E-state index is 13.1. The molecule has 0 bridgehead atoms. The van der Waals surface area contributed by atoms with E-state index in [0.29, 0.717) is 27.5 Å². The Hall–Kier alpha value is -3.33. The SMILES string of the molecule is O=C1C[C@@]2(C(=O)Nc3cccc(Cl)c32)c2cnn(-c3ccc(C(F)(F)F)cc3)c2N1. The lowest BCUT2D eigenvalue weighted by Gasteiger charge is -2.32. The first-order valence-electron chi connectivity index (χ1n) is 8.88. The van der Waals surface area contributed by atoms with Gasteiger partial charge in [-0.1, -0.05) is 17.7 Å². The number of nitrogens with one attached hydrogen (secondary N) is 2. The van der Waals surface area contributed by atoms with E-state index in [2.05, 4.69) is 15.7 Å². The van der Waals surface area contributed by atoms with E-state index in [-0.39, 0.29) is 12.2 Å². The molecule has 2 aromatic carbocycles. The normalized spacial score (nSPS) is 20.0. The van der Waals surface area contributed by atoms with Crippen molar-refractivity contribution in [3.05, 3.63) is 70.4 Å². The van der Waals surface area contributed by atoms with Gasteiger partial charge in [0.15, 0.2) is 0 Å². The third-order valence-electron chi connectivity index (χ3n) is 5.43. The Balaban J connectivity index is 1.69. The fourth-order valence-electron chi connectivity index (χ4n) is 4.11. The minimum atomic E-state index is -4.47. The number of anilines is 2. The zero-order valence-electron chi connectivity index (χ0n) is 15.0. The van der Waals surface area contributed by atoms with E-state index >= 15 is 0 Å². The van der Waals surface area contributed by atoms with Gasteiger partial charge in [-0.05, 0) is 36.4 Å². The van der Waals surface area contributed by atoms with Gasteiger partial charge in [-0.15, -0.1) is 0 Å². The van der Waals surface area contributed by atoms with Crippen molar-refractivity contribution in [3.63, 3.8) is 0 Å². The van der Waals surface area contributed by atoms with Crippen molar-refractivity contribution in [3.8, 4) is 5.69 Å². The number of carbonyl (C=O) groups is 2. The smallest absolute Gasteiger partial charge is 0.325 e. The molecule has 0 saturated heterocycles. The number of amides is 2. The molecule has 0 aliphatic carbocycles. The van der Waals surface area contributed by atoms with Crippen molar-refractivity contribution in [2.24, 2.45) is 0 Å². The molecule has 3 aromatic rings. The monoisotopic (exact) mass is 432 g/mol. The molecule has 2 aliphatic rings. The van der Waals surface area contributed by atoms with E-state index in [1.165, 1.54) is 23.0 Å². The van der Waals surface area contributed by atoms with Crippen LogP contribution in [-0.2, 0) is 21.2 Å². The average molecular weight is 433 g/mol. The van der Waals surface area contributed by atoms with Gasteiger partial charge in [0.1, 0.15) is 11.2 Å². The van der Waals surface area contributed by atoms with E-state index in [4.69, 9.17) is 11.6 Å². The van der Waals surface area contributed by atoms with Gasteiger partial charge in [0.2, 0.25) is 11.8 Å². The first kappa shape index (κ1) is 18.7. The van der Waals surface area contributed by atoms with Crippen LogP contribution >= 0.6 is 11.6 Å². The highest BCUT2D eigenvalue weighted by molar-refractivity contribution is 6.33. The van der Waals surface area contributed by atoms with Gasteiger partial charge < -0.3 is 10.6 Å². The lowest BCUT2D eigenvalue weighted by molar-refractivity contribution is -0.137. The van der Waals surface area contributed by atoms with Crippen LogP contribution in [0.25, 0.3) is 5.69 Å². The molecule has 1 aromatic heterocycles. The first-order valence-corrected chi connectivity index (χ1v) is 9.26. The average Bonchev–Trinajstić information content (AvgIpc) is 3.22. The number of hydrogen-bond acceptors (Lipinski definition) is 3. The molecular formula is C20H12ClF3N4O2. The van der Waals surface area contributed by atoms with Gasteiger partial charge in [0, 0.05) is 28.3 Å². The molecular weight excluding hydrogens is 421 g/mol. The molecule has 2 N–H and O–H groups in total. The van der Waals surface area contributed by atoms with E-state index < -0.39 is 29.0 Å². The number of hydrogen-bond donors (Lipinski definition) is 2. The number of alkyl halides is 3. The molecule has 0 saturated carbocycles. The summed E-state index contributed by atoms with van der Waals surface area (Å²) in [6, 6.07) is 9.38. The predicted octanol–water partition coefficient (Wildman–Crippen LogP) is 4.12. The molecule has 10 heteroatoms. The lowest BCUT2D eigenvalue weighted by atomic mass is 9.72. The van der Waals surface area contributed by atoms with Crippen LogP contribution in [0.1, 0.15) is 23.1 Å². The van der Waals surface area contributed by atoms with Gasteiger partial charge in [-0.2, -0.15) is 18.3 Å². The fourth-order valence-corrected chi connectivity index (χ4v) is 4.45. The fraction of sp³-hybridized carbons (Fsp3) is 0.150. The Morgan fingerprint density at radius 1 is 1.07 bits per heavy atom. The van der Waals surface area contributed by atoms with Crippen LogP contribution in [0.2, 0.25) is 5.02 Å². The van der Waals surface area contributed by atoms with Crippen LogP contribution in [0, 0.1) is 0 Å². The summed E-state index contributed by atoms with van der Waals surface area (Å²) in [5.41, 5.74) is -0.445. The summed E-state index contributed by atoms with van der Waals surface area (Å²) < 4.78 is 39.9. The number of fused-ring (bicyclic) bond motifs is 4. The summed E-state index contributed by atoms with van der Waals surface area (Å²) in [7, 11) is 0. The Bertz CT molecular complexity index is 1220. The summed E-state index contributed by atoms with van der Waals surface area (Å²) in [5.74, 6) is -0.623. The van der Waals surface area contributed by atoms with E-state index in [0.717, 1.165) is 12.1 Å². The molecule has 152 valence electrons. The minimum absolute atomic E-state index is 0.165. The van der Waals surface area contributed by atoms with E-state index in [1.807, 2.05) is 0 Å². The summed E-state index contributed by atoms with van der Waals surface area (Å²) in [5, 5.41) is 10.0. The van der Waals surface area contributed by atoms with Crippen molar-refractivity contribution in [1.82, 2.24) is 9.78 Å². The molecule has 30 heavy (non-hydrogen) atoms. The summed E-state index contributed by atoms with van der Waals surface area (Å²) in [6.07, 6.45) is -3.20. The van der Waals surface area contributed by atoms with Crippen molar-refractivity contribution in [1.29, 1.82) is 0 Å². The van der Waals surface area contributed by atoms with Crippen molar-refractivity contribution in [2.45, 2.75) is 18.0 Å². The topological polar surface area (TPSA) is 76.0 Å². The van der Waals surface area contributed by atoms with Crippen LogP contribution in [0.5, 0.6) is 0 Å². The number of rotatable bonds is 1. The zero-order valence-corrected chi connectivity index (χ0v) is 15.8.